The van der Waals surface area contributed by atoms with Gasteiger partial charge in [-0.1, -0.05) is 23.2 Å². The summed E-state index contributed by atoms with van der Waals surface area (Å²) in [5.74, 6) is -0.416. The first-order valence-electron chi connectivity index (χ1n) is 11.5. The molecule has 11 nitrogen and oxygen atoms in total. The molecule has 13 heteroatoms. The standard InChI is InChI=1S/C27H25Cl2N3O8/c1-36-21-9-15(5-8-20(21)40-27(35)16-6-7-18(28)19(29)10-16)13-31-32-24(33)14-30-26(34)17-11-22(37-2)25(39-4)23(12-17)38-3/h5-13H,14H2,1-4H3,(H,30,34)(H,32,33)/b31-13-. The van der Waals surface area contributed by atoms with E-state index >= 15 is 0 Å². The smallest absolute Gasteiger partial charge is 0.343 e. The van der Waals surface area contributed by atoms with Crippen molar-refractivity contribution in [3.8, 4) is 28.7 Å². The Morgan fingerprint density at radius 3 is 2.05 bits per heavy atom. The summed E-state index contributed by atoms with van der Waals surface area (Å²) < 4.78 is 26.4. The van der Waals surface area contributed by atoms with Crippen LogP contribution in [0.15, 0.2) is 53.6 Å². The van der Waals surface area contributed by atoms with Gasteiger partial charge in [0.25, 0.3) is 11.8 Å². The van der Waals surface area contributed by atoms with Crippen molar-refractivity contribution in [2.75, 3.05) is 35.0 Å². The Kier molecular flexibility index (Phi) is 10.6. The Morgan fingerprint density at radius 1 is 0.775 bits per heavy atom. The predicted octanol–water partition coefficient (Wildman–Crippen LogP) is 4.13. The Bertz CT molecular complexity index is 1420. The zero-order valence-electron chi connectivity index (χ0n) is 21.9. The molecule has 0 atom stereocenters. The lowest BCUT2D eigenvalue weighted by Crippen LogP contribution is -2.34. The van der Waals surface area contributed by atoms with Gasteiger partial charge in [-0.05, 0) is 54.1 Å². The highest BCUT2D eigenvalue weighted by Crippen LogP contribution is 2.38. The maximum Gasteiger partial charge on any atom is 0.343 e. The molecule has 0 radical (unpaired) electrons. The first-order valence-corrected chi connectivity index (χ1v) is 12.2. The number of methoxy groups -OCH3 is 4. The van der Waals surface area contributed by atoms with Gasteiger partial charge in [-0.2, -0.15) is 5.10 Å². The van der Waals surface area contributed by atoms with Crippen molar-refractivity contribution >= 4 is 47.2 Å². The number of esters is 1. The van der Waals surface area contributed by atoms with Gasteiger partial charge in [-0.25, -0.2) is 10.2 Å². The molecule has 2 N–H and O–H groups in total. The van der Waals surface area contributed by atoms with E-state index in [0.717, 1.165) is 0 Å². The second-order valence-corrected chi connectivity index (χ2v) is 8.63. The molecular weight excluding hydrogens is 565 g/mol. The van der Waals surface area contributed by atoms with E-state index in [-0.39, 0.29) is 34.2 Å². The quantitative estimate of drug-likeness (QED) is 0.148. The minimum Gasteiger partial charge on any atom is -0.493 e. The van der Waals surface area contributed by atoms with Crippen LogP contribution in [0.1, 0.15) is 26.3 Å². The number of hydrogen-bond acceptors (Lipinski definition) is 9. The fourth-order valence-corrected chi connectivity index (χ4v) is 3.62. The second-order valence-electron chi connectivity index (χ2n) is 7.82. The normalized spacial score (nSPS) is 10.6. The Hall–Kier alpha value is -4.48. The van der Waals surface area contributed by atoms with Crippen LogP contribution >= 0.6 is 23.2 Å². The van der Waals surface area contributed by atoms with Gasteiger partial charge in [0.05, 0.1) is 56.8 Å². The topological polar surface area (TPSA) is 134 Å². The lowest BCUT2D eigenvalue weighted by atomic mass is 10.1. The first-order chi connectivity index (χ1) is 19.2. The third-order valence-electron chi connectivity index (χ3n) is 5.28. The third-order valence-corrected chi connectivity index (χ3v) is 6.02. The number of carbonyl (C=O) groups excluding carboxylic acids is 3. The minimum absolute atomic E-state index is 0.161. The second kappa shape index (κ2) is 14.1. The van der Waals surface area contributed by atoms with Crippen LogP contribution in [0.3, 0.4) is 0 Å². The van der Waals surface area contributed by atoms with E-state index < -0.39 is 17.8 Å². The SMILES string of the molecule is COc1cc(/C=N\NC(=O)CNC(=O)c2cc(OC)c(OC)c(OC)c2)ccc1OC(=O)c1ccc(Cl)c(Cl)c1. The lowest BCUT2D eigenvalue weighted by molar-refractivity contribution is -0.120. The van der Waals surface area contributed by atoms with Gasteiger partial charge in [0.15, 0.2) is 23.0 Å². The molecule has 0 aliphatic carbocycles. The van der Waals surface area contributed by atoms with E-state index in [1.165, 1.54) is 71.1 Å². The van der Waals surface area contributed by atoms with Crippen LogP contribution in [0.2, 0.25) is 10.0 Å². The fraction of sp³-hybridized carbons (Fsp3) is 0.185. The van der Waals surface area contributed by atoms with Crippen LogP contribution in [0.5, 0.6) is 28.7 Å². The molecule has 3 aromatic rings. The molecule has 3 aromatic carbocycles. The van der Waals surface area contributed by atoms with Crippen LogP contribution in [-0.4, -0.2) is 59.0 Å². The summed E-state index contributed by atoms with van der Waals surface area (Å²) in [6, 6.07) is 12.0. The van der Waals surface area contributed by atoms with E-state index in [1.54, 1.807) is 12.1 Å². The van der Waals surface area contributed by atoms with Crippen molar-refractivity contribution in [1.82, 2.24) is 10.7 Å². The first kappa shape index (κ1) is 30.1. The van der Waals surface area contributed by atoms with Crippen LogP contribution < -0.4 is 34.4 Å². The van der Waals surface area contributed by atoms with E-state index in [0.29, 0.717) is 27.8 Å². The van der Waals surface area contributed by atoms with E-state index in [2.05, 4.69) is 15.8 Å². The van der Waals surface area contributed by atoms with E-state index in [1.807, 2.05) is 0 Å². The summed E-state index contributed by atoms with van der Waals surface area (Å²) in [4.78, 5) is 37.2. The molecule has 0 saturated carbocycles. The molecule has 0 heterocycles. The number of hydrazone groups is 1. The maximum atomic E-state index is 12.5. The molecule has 0 aliphatic heterocycles. The number of carbonyl (C=O) groups is 3. The summed E-state index contributed by atoms with van der Waals surface area (Å²) in [5, 5.41) is 6.90. The Morgan fingerprint density at radius 2 is 1.45 bits per heavy atom. The molecule has 0 aromatic heterocycles. The Balaban J connectivity index is 1.58. The average Bonchev–Trinajstić information content (AvgIpc) is 2.96. The molecule has 3 rings (SSSR count). The van der Waals surface area contributed by atoms with E-state index in [4.69, 9.17) is 46.9 Å². The number of nitrogens with zero attached hydrogens (tertiary/aromatic N) is 1. The number of rotatable bonds is 11. The molecule has 0 bridgehead atoms. The summed E-state index contributed by atoms with van der Waals surface area (Å²) in [5.41, 5.74) is 3.27. The van der Waals surface area contributed by atoms with Gasteiger partial charge in [-0.3, -0.25) is 9.59 Å². The molecule has 0 spiro atoms. The Labute approximate surface area is 239 Å². The highest BCUT2D eigenvalue weighted by Gasteiger charge is 2.18. The van der Waals surface area contributed by atoms with Crippen molar-refractivity contribution in [2.45, 2.75) is 0 Å². The highest BCUT2D eigenvalue weighted by molar-refractivity contribution is 6.42. The number of hydrogen-bond donors (Lipinski definition) is 2. The molecule has 0 saturated heterocycles. The molecule has 210 valence electrons. The molecule has 0 unspecified atom stereocenters. The van der Waals surface area contributed by atoms with Crippen LogP contribution in [0, 0.1) is 0 Å². The largest absolute Gasteiger partial charge is 0.493 e. The molecule has 2 amide bonds. The molecule has 40 heavy (non-hydrogen) atoms. The molecular formula is C27H25Cl2N3O8. The zero-order valence-corrected chi connectivity index (χ0v) is 23.4. The van der Waals surface area contributed by atoms with Crippen LogP contribution in [0.4, 0.5) is 0 Å². The minimum atomic E-state index is -0.654. The van der Waals surface area contributed by atoms with Gasteiger partial charge in [0.1, 0.15) is 0 Å². The van der Waals surface area contributed by atoms with Crippen molar-refractivity contribution in [3.63, 3.8) is 0 Å². The number of halogens is 2. The highest BCUT2D eigenvalue weighted by atomic mass is 35.5. The predicted molar refractivity (Wildman–Crippen MR) is 149 cm³/mol. The van der Waals surface area contributed by atoms with Crippen LogP contribution in [-0.2, 0) is 4.79 Å². The van der Waals surface area contributed by atoms with Crippen molar-refractivity contribution in [3.05, 3.63) is 75.3 Å². The van der Waals surface area contributed by atoms with Crippen molar-refractivity contribution < 1.29 is 38.1 Å². The number of ether oxygens (including phenoxy) is 5. The van der Waals surface area contributed by atoms with Gasteiger partial charge in [-0.15, -0.1) is 0 Å². The third kappa shape index (κ3) is 7.55. The summed E-state index contributed by atoms with van der Waals surface area (Å²) in [7, 11) is 5.71. The number of nitrogens with one attached hydrogen (secondary N) is 2. The van der Waals surface area contributed by atoms with E-state index in [9.17, 15) is 14.4 Å². The van der Waals surface area contributed by atoms with Gasteiger partial charge < -0.3 is 29.0 Å². The van der Waals surface area contributed by atoms with Crippen molar-refractivity contribution in [1.29, 1.82) is 0 Å². The number of benzene rings is 3. The summed E-state index contributed by atoms with van der Waals surface area (Å²) in [6.45, 7) is -0.347. The van der Waals surface area contributed by atoms with Crippen molar-refractivity contribution in [2.24, 2.45) is 5.10 Å². The average molecular weight is 590 g/mol. The summed E-state index contributed by atoms with van der Waals surface area (Å²) >= 11 is 11.8. The monoisotopic (exact) mass is 589 g/mol. The molecule has 0 fully saturated rings. The van der Waals surface area contributed by atoms with Crippen LogP contribution in [0.25, 0.3) is 0 Å². The summed E-state index contributed by atoms with van der Waals surface area (Å²) in [6.07, 6.45) is 1.35. The van der Waals surface area contributed by atoms with Gasteiger partial charge in [0, 0.05) is 5.56 Å². The van der Waals surface area contributed by atoms with Gasteiger partial charge >= 0.3 is 5.97 Å². The number of amides is 2. The lowest BCUT2D eigenvalue weighted by Gasteiger charge is -2.14. The molecule has 0 aliphatic rings. The fourth-order valence-electron chi connectivity index (χ4n) is 3.32. The van der Waals surface area contributed by atoms with Gasteiger partial charge in [0.2, 0.25) is 5.75 Å². The maximum absolute atomic E-state index is 12.5. The zero-order chi connectivity index (χ0) is 29.2.